The Balaban J connectivity index is 2.52. The first-order valence-corrected chi connectivity index (χ1v) is 7.38. The van der Waals surface area contributed by atoms with Gasteiger partial charge in [-0.2, -0.15) is 0 Å². The van der Waals surface area contributed by atoms with Crippen LogP contribution in [0, 0.1) is 5.41 Å². The van der Waals surface area contributed by atoms with E-state index in [1.54, 1.807) is 6.07 Å². The second kappa shape index (κ2) is 5.38. The summed E-state index contributed by atoms with van der Waals surface area (Å²) >= 11 is 12.4. The number of carbonyl (C=O) groups excluding carboxylic acids is 2. The molecule has 2 N–H and O–H groups in total. The quantitative estimate of drug-likeness (QED) is 0.923. The van der Waals surface area contributed by atoms with Crippen LogP contribution >= 0.6 is 23.2 Å². The molecule has 0 saturated heterocycles. The first-order valence-electron chi connectivity index (χ1n) is 6.63. The average molecular weight is 314 g/mol. The number of benzene rings is 1. The summed E-state index contributed by atoms with van der Waals surface area (Å²) in [4.78, 5) is 23.7. The van der Waals surface area contributed by atoms with Crippen molar-refractivity contribution in [3.05, 3.63) is 32.8 Å². The lowest BCUT2D eigenvalue weighted by Crippen LogP contribution is -2.23. The van der Waals surface area contributed by atoms with E-state index in [1.165, 1.54) is 0 Å². The minimum Gasteiger partial charge on any atom is -0.369 e. The summed E-state index contributed by atoms with van der Waals surface area (Å²) < 4.78 is 0. The fourth-order valence-electron chi connectivity index (χ4n) is 2.99. The Labute approximate surface area is 128 Å². The summed E-state index contributed by atoms with van der Waals surface area (Å²) in [6.07, 6.45) is 2.40. The highest BCUT2D eigenvalue weighted by atomic mass is 35.5. The maximum Gasteiger partial charge on any atom is 0.221 e. The summed E-state index contributed by atoms with van der Waals surface area (Å²) in [6, 6.07) is 1.80. The Morgan fingerprint density at radius 3 is 2.60 bits per heavy atom. The second-order valence-corrected chi connectivity index (χ2v) is 6.41. The highest BCUT2D eigenvalue weighted by Crippen LogP contribution is 2.45. The van der Waals surface area contributed by atoms with E-state index < -0.39 is 11.3 Å². The molecule has 1 aromatic rings. The van der Waals surface area contributed by atoms with Gasteiger partial charge < -0.3 is 5.73 Å². The number of halogens is 2. The Kier molecular flexibility index (Phi) is 4.12. The van der Waals surface area contributed by atoms with Gasteiger partial charge in [0.1, 0.15) is 0 Å². The number of primary amides is 1. The van der Waals surface area contributed by atoms with Gasteiger partial charge in [-0.3, -0.25) is 9.59 Å². The van der Waals surface area contributed by atoms with E-state index in [-0.39, 0.29) is 22.2 Å². The van der Waals surface area contributed by atoms with Crippen molar-refractivity contribution in [1.29, 1.82) is 0 Å². The lowest BCUT2D eigenvalue weighted by Gasteiger charge is -2.20. The van der Waals surface area contributed by atoms with Crippen molar-refractivity contribution in [3.63, 3.8) is 0 Å². The molecule has 2 rings (SSSR count). The van der Waals surface area contributed by atoms with Crippen LogP contribution in [-0.4, -0.2) is 11.7 Å². The van der Waals surface area contributed by atoms with E-state index in [1.807, 2.05) is 6.92 Å². The van der Waals surface area contributed by atoms with Crippen LogP contribution in [0.15, 0.2) is 6.07 Å². The van der Waals surface area contributed by atoms with Gasteiger partial charge in [-0.15, -0.1) is 0 Å². The van der Waals surface area contributed by atoms with E-state index in [4.69, 9.17) is 28.9 Å². The van der Waals surface area contributed by atoms with Crippen LogP contribution in [-0.2, 0) is 17.6 Å². The van der Waals surface area contributed by atoms with Gasteiger partial charge in [0.05, 0.1) is 16.5 Å². The van der Waals surface area contributed by atoms with Gasteiger partial charge in [-0.05, 0) is 24.0 Å². The van der Waals surface area contributed by atoms with Gasteiger partial charge >= 0.3 is 0 Å². The molecule has 1 atom stereocenters. The van der Waals surface area contributed by atoms with Crippen LogP contribution < -0.4 is 5.73 Å². The van der Waals surface area contributed by atoms with Gasteiger partial charge in [-0.1, -0.05) is 49.5 Å². The maximum absolute atomic E-state index is 12.6. The molecular formula is C15H17Cl2NO2. The molecule has 0 aliphatic heterocycles. The molecule has 20 heavy (non-hydrogen) atoms. The third kappa shape index (κ3) is 2.45. The fourth-order valence-corrected chi connectivity index (χ4v) is 3.54. The molecule has 1 aliphatic rings. The van der Waals surface area contributed by atoms with E-state index >= 15 is 0 Å². The van der Waals surface area contributed by atoms with Crippen LogP contribution in [0.4, 0.5) is 0 Å². The highest BCUT2D eigenvalue weighted by Gasteiger charge is 2.42. The third-order valence-electron chi connectivity index (χ3n) is 3.89. The monoisotopic (exact) mass is 313 g/mol. The van der Waals surface area contributed by atoms with Gasteiger partial charge in [0.2, 0.25) is 5.91 Å². The highest BCUT2D eigenvalue weighted by molar-refractivity contribution is 6.45. The Hall–Kier alpha value is -1.06. The first kappa shape index (κ1) is 15.3. The third-order valence-corrected chi connectivity index (χ3v) is 4.79. The van der Waals surface area contributed by atoms with Crippen molar-refractivity contribution >= 4 is 34.9 Å². The zero-order chi connectivity index (χ0) is 15.1. The lowest BCUT2D eigenvalue weighted by molar-refractivity contribution is -0.117. The molecule has 0 radical (unpaired) electrons. The Bertz CT molecular complexity index is 598. The van der Waals surface area contributed by atoms with Crippen LogP contribution in [0.5, 0.6) is 0 Å². The van der Waals surface area contributed by atoms with Crippen molar-refractivity contribution in [1.82, 2.24) is 0 Å². The molecule has 0 fully saturated rings. The van der Waals surface area contributed by atoms with E-state index in [0.29, 0.717) is 17.5 Å². The van der Waals surface area contributed by atoms with Gasteiger partial charge in [0.25, 0.3) is 0 Å². The number of fused-ring (bicyclic) bond motifs is 1. The van der Waals surface area contributed by atoms with Crippen molar-refractivity contribution in [2.24, 2.45) is 11.1 Å². The van der Waals surface area contributed by atoms with Gasteiger partial charge in [0, 0.05) is 11.0 Å². The molecule has 1 unspecified atom stereocenters. The zero-order valence-electron chi connectivity index (χ0n) is 11.6. The number of rotatable bonds is 4. The Morgan fingerprint density at radius 1 is 1.40 bits per heavy atom. The molecule has 1 aromatic carbocycles. The number of nitrogens with two attached hydrogens (primary N) is 1. The van der Waals surface area contributed by atoms with Gasteiger partial charge in [-0.25, -0.2) is 0 Å². The predicted molar refractivity (Wildman–Crippen MR) is 80.4 cm³/mol. The number of hydrogen-bond acceptors (Lipinski definition) is 2. The van der Waals surface area contributed by atoms with Gasteiger partial charge in [0.15, 0.2) is 5.78 Å². The topological polar surface area (TPSA) is 60.2 Å². The number of hydrogen-bond donors (Lipinski definition) is 1. The van der Waals surface area contributed by atoms with Crippen molar-refractivity contribution in [3.8, 4) is 0 Å². The minimum atomic E-state index is -0.469. The molecule has 3 nitrogen and oxygen atoms in total. The van der Waals surface area contributed by atoms with Crippen LogP contribution in [0.1, 0.15) is 48.2 Å². The fraction of sp³-hybridized carbons (Fsp3) is 0.467. The molecule has 5 heteroatoms. The van der Waals surface area contributed by atoms with Crippen LogP contribution in [0.2, 0.25) is 10.0 Å². The molecule has 0 heterocycles. The first-order chi connectivity index (χ1) is 9.30. The van der Waals surface area contributed by atoms with Crippen molar-refractivity contribution in [2.75, 3.05) is 0 Å². The van der Waals surface area contributed by atoms with E-state index in [9.17, 15) is 9.59 Å². The molecule has 0 saturated carbocycles. The van der Waals surface area contributed by atoms with Crippen LogP contribution in [0.25, 0.3) is 0 Å². The van der Waals surface area contributed by atoms with Crippen molar-refractivity contribution < 1.29 is 9.59 Å². The van der Waals surface area contributed by atoms with E-state index in [2.05, 4.69) is 6.92 Å². The number of Topliss-reactive ketones (excluding diaryl/α,β-unsaturated/α-hetero) is 1. The number of carbonyl (C=O) groups is 2. The molecule has 1 amide bonds. The molecule has 0 spiro atoms. The minimum absolute atomic E-state index is 0.0323. The average Bonchev–Trinajstić information content (AvgIpc) is 2.58. The molecular weight excluding hydrogens is 297 g/mol. The largest absolute Gasteiger partial charge is 0.369 e. The summed E-state index contributed by atoms with van der Waals surface area (Å²) in [5.74, 6) is -0.421. The number of ketones is 1. The summed E-state index contributed by atoms with van der Waals surface area (Å²) in [5, 5.41) is 0.517. The van der Waals surface area contributed by atoms with Crippen molar-refractivity contribution in [2.45, 2.75) is 39.5 Å². The summed E-state index contributed by atoms with van der Waals surface area (Å²) in [6.45, 7) is 4.01. The molecule has 108 valence electrons. The Morgan fingerprint density at radius 2 is 2.05 bits per heavy atom. The molecule has 1 aliphatic carbocycles. The maximum atomic E-state index is 12.6. The standard InChI is InChI=1S/C15H17Cl2NO2/c1-3-4-15(2)7-9-5-8(6-10(18)19)12(16)13(17)11(9)14(15)20/h5H,3-4,6-7H2,1-2H3,(H2,18,19). The summed E-state index contributed by atoms with van der Waals surface area (Å²) in [5.41, 5.74) is 6.77. The number of amides is 1. The van der Waals surface area contributed by atoms with Crippen LogP contribution in [0.3, 0.4) is 0 Å². The smallest absolute Gasteiger partial charge is 0.221 e. The normalized spacial score (nSPS) is 21.1. The lowest BCUT2D eigenvalue weighted by atomic mass is 9.82. The second-order valence-electron chi connectivity index (χ2n) is 5.66. The zero-order valence-corrected chi connectivity index (χ0v) is 13.1. The molecule has 0 aromatic heterocycles. The van der Waals surface area contributed by atoms with E-state index in [0.717, 1.165) is 18.4 Å². The molecule has 0 bridgehead atoms. The SMILES string of the molecule is CCCC1(C)Cc2cc(CC(N)=O)c(Cl)c(Cl)c2C1=O. The summed E-state index contributed by atoms with van der Waals surface area (Å²) in [7, 11) is 0. The predicted octanol–water partition coefficient (Wildman–Crippen LogP) is 3.57.